The lowest BCUT2D eigenvalue weighted by Gasteiger charge is -2.34. The molecule has 1 fully saturated rings. The van der Waals surface area contributed by atoms with Gasteiger partial charge in [-0.15, -0.1) is 0 Å². The average molecular weight is 174 g/mol. The molecule has 0 aromatic carbocycles. The van der Waals surface area contributed by atoms with Crippen LogP contribution in [0.25, 0.3) is 0 Å². The van der Waals surface area contributed by atoms with E-state index >= 15 is 0 Å². The zero-order valence-electron chi connectivity index (χ0n) is 8.13. The molecule has 72 valence electrons. The Kier molecular flexibility index (Phi) is 3.50. The monoisotopic (exact) mass is 174 g/mol. The molecular formula is C9H18O3. The van der Waals surface area contributed by atoms with E-state index in [4.69, 9.17) is 14.2 Å². The molecular weight excluding hydrogens is 156 g/mol. The summed E-state index contributed by atoms with van der Waals surface area (Å²) in [5, 5.41) is 0. The molecule has 0 N–H and O–H groups in total. The van der Waals surface area contributed by atoms with E-state index in [0.717, 1.165) is 26.2 Å². The third kappa shape index (κ3) is 3.09. The SMILES string of the molecule is COCCC1COC(C)(C)OC1. The van der Waals surface area contributed by atoms with Crippen molar-refractivity contribution in [1.29, 1.82) is 0 Å². The highest BCUT2D eigenvalue weighted by molar-refractivity contribution is 4.67. The summed E-state index contributed by atoms with van der Waals surface area (Å²) in [5.41, 5.74) is 0. The van der Waals surface area contributed by atoms with E-state index in [-0.39, 0.29) is 5.79 Å². The van der Waals surface area contributed by atoms with Gasteiger partial charge in [0.05, 0.1) is 13.2 Å². The Morgan fingerprint density at radius 2 is 1.92 bits per heavy atom. The van der Waals surface area contributed by atoms with Gasteiger partial charge < -0.3 is 14.2 Å². The molecule has 0 aliphatic carbocycles. The molecule has 0 unspecified atom stereocenters. The molecule has 3 heteroatoms. The minimum atomic E-state index is -0.385. The van der Waals surface area contributed by atoms with Gasteiger partial charge in [0.2, 0.25) is 0 Å². The highest BCUT2D eigenvalue weighted by Gasteiger charge is 2.27. The van der Waals surface area contributed by atoms with Crippen LogP contribution >= 0.6 is 0 Å². The van der Waals surface area contributed by atoms with Gasteiger partial charge in [0.15, 0.2) is 5.79 Å². The number of methoxy groups -OCH3 is 1. The topological polar surface area (TPSA) is 27.7 Å². The maximum atomic E-state index is 5.50. The molecule has 1 aliphatic rings. The Morgan fingerprint density at radius 1 is 1.33 bits per heavy atom. The summed E-state index contributed by atoms with van der Waals surface area (Å²) in [4.78, 5) is 0. The van der Waals surface area contributed by atoms with E-state index in [2.05, 4.69) is 0 Å². The van der Waals surface area contributed by atoms with Crippen molar-refractivity contribution in [1.82, 2.24) is 0 Å². The van der Waals surface area contributed by atoms with Crippen molar-refractivity contribution < 1.29 is 14.2 Å². The van der Waals surface area contributed by atoms with Crippen molar-refractivity contribution in [3.05, 3.63) is 0 Å². The van der Waals surface area contributed by atoms with Crippen LogP contribution < -0.4 is 0 Å². The first kappa shape index (κ1) is 9.96. The summed E-state index contributed by atoms with van der Waals surface area (Å²) in [7, 11) is 1.72. The highest BCUT2D eigenvalue weighted by atomic mass is 16.7. The van der Waals surface area contributed by atoms with Crippen LogP contribution in [0.15, 0.2) is 0 Å². The van der Waals surface area contributed by atoms with E-state index in [9.17, 15) is 0 Å². The molecule has 1 aliphatic heterocycles. The van der Waals surface area contributed by atoms with Gasteiger partial charge >= 0.3 is 0 Å². The van der Waals surface area contributed by atoms with Crippen molar-refractivity contribution in [2.75, 3.05) is 26.9 Å². The van der Waals surface area contributed by atoms with Crippen molar-refractivity contribution in [3.63, 3.8) is 0 Å². The molecule has 0 atom stereocenters. The Balaban J connectivity index is 2.18. The first-order valence-electron chi connectivity index (χ1n) is 4.41. The van der Waals surface area contributed by atoms with Crippen LogP contribution in [0, 0.1) is 5.92 Å². The van der Waals surface area contributed by atoms with Gasteiger partial charge in [0.1, 0.15) is 0 Å². The third-order valence-corrected chi connectivity index (χ3v) is 2.06. The molecule has 0 radical (unpaired) electrons. The van der Waals surface area contributed by atoms with Gasteiger partial charge in [-0.2, -0.15) is 0 Å². The van der Waals surface area contributed by atoms with Crippen LogP contribution in [-0.4, -0.2) is 32.7 Å². The second kappa shape index (κ2) is 4.21. The van der Waals surface area contributed by atoms with Crippen LogP contribution in [0.5, 0.6) is 0 Å². The predicted molar refractivity (Wildman–Crippen MR) is 46.0 cm³/mol. The quantitative estimate of drug-likeness (QED) is 0.647. The maximum Gasteiger partial charge on any atom is 0.162 e. The van der Waals surface area contributed by atoms with E-state index in [1.54, 1.807) is 7.11 Å². The first-order chi connectivity index (χ1) is 5.64. The number of rotatable bonds is 3. The summed E-state index contributed by atoms with van der Waals surface area (Å²) in [6.45, 7) is 6.25. The molecule has 12 heavy (non-hydrogen) atoms. The van der Waals surface area contributed by atoms with Crippen molar-refractivity contribution in [2.45, 2.75) is 26.1 Å². The number of hydrogen-bond acceptors (Lipinski definition) is 3. The highest BCUT2D eigenvalue weighted by Crippen LogP contribution is 2.21. The van der Waals surface area contributed by atoms with Gasteiger partial charge in [-0.1, -0.05) is 0 Å². The van der Waals surface area contributed by atoms with E-state index in [1.165, 1.54) is 0 Å². The number of hydrogen-bond donors (Lipinski definition) is 0. The fourth-order valence-corrected chi connectivity index (χ4v) is 1.18. The normalized spacial score (nSPS) is 24.2. The van der Waals surface area contributed by atoms with Crippen LogP contribution in [-0.2, 0) is 14.2 Å². The van der Waals surface area contributed by atoms with Gasteiger partial charge in [-0.3, -0.25) is 0 Å². The molecule has 1 rings (SSSR count). The van der Waals surface area contributed by atoms with Crippen molar-refractivity contribution >= 4 is 0 Å². The molecule has 3 nitrogen and oxygen atoms in total. The summed E-state index contributed by atoms with van der Waals surface area (Å²) in [6.07, 6.45) is 1.02. The lowest BCUT2D eigenvalue weighted by Crippen LogP contribution is -2.39. The van der Waals surface area contributed by atoms with Crippen LogP contribution in [0.2, 0.25) is 0 Å². The minimum Gasteiger partial charge on any atom is -0.385 e. The molecule has 0 amide bonds. The van der Waals surface area contributed by atoms with Gasteiger partial charge in [-0.05, 0) is 20.3 Å². The van der Waals surface area contributed by atoms with Crippen LogP contribution in [0.3, 0.4) is 0 Å². The molecule has 0 aromatic rings. The fourth-order valence-electron chi connectivity index (χ4n) is 1.18. The minimum absolute atomic E-state index is 0.385. The van der Waals surface area contributed by atoms with Gasteiger partial charge in [0, 0.05) is 19.6 Å². The Hall–Kier alpha value is -0.120. The second-order valence-electron chi connectivity index (χ2n) is 3.67. The average Bonchev–Trinajstić information content (AvgIpc) is 2.03. The van der Waals surface area contributed by atoms with E-state index in [0.29, 0.717) is 5.92 Å². The fraction of sp³-hybridized carbons (Fsp3) is 1.00. The summed E-state index contributed by atoms with van der Waals surface area (Å²) in [5.74, 6) is 0.113. The lowest BCUT2D eigenvalue weighted by molar-refractivity contribution is -0.263. The Labute approximate surface area is 74.0 Å². The summed E-state index contributed by atoms with van der Waals surface area (Å²) >= 11 is 0. The zero-order chi connectivity index (χ0) is 9.03. The Morgan fingerprint density at radius 3 is 2.42 bits per heavy atom. The maximum absolute atomic E-state index is 5.50. The molecule has 1 heterocycles. The zero-order valence-corrected chi connectivity index (χ0v) is 8.13. The van der Waals surface area contributed by atoms with E-state index < -0.39 is 0 Å². The summed E-state index contributed by atoms with van der Waals surface area (Å²) in [6, 6.07) is 0. The van der Waals surface area contributed by atoms with E-state index in [1.807, 2.05) is 13.8 Å². The molecule has 0 spiro atoms. The van der Waals surface area contributed by atoms with Crippen LogP contribution in [0.4, 0.5) is 0 Å². The predicted octanol–water partition coefficient (Wildman–Crippen LogP) is 1.42. The number of ether oxygens (including phenoxy) is 3. The smallest absolute Gasteiger partial charge is 0.162 e. The van der Waals surface area contributed by atoms with Crippen LogP contribution in [0.1, 0.15) is 20.3 Å². The largest absolute Gasteiger partial charge is 0.385 e. The Bertz CT molecular complexity index is 124. The molecule has 1 saturated heterocycles. The molecule has 0 aromatic heterocycles. The molecule has 0 bridgehead atoms. The van der Waals surface area contributed by atoms with Crippen molar-refractivity contribution in [2.24, 2.45) is 5.92 Å². The molecule has 0 saturated carbocycles. The lowest BCUT2D eigenvalue weighted by atomic mass is 10.1. The second-order valence-corrected chi connectivity index (χ2v) is 3.67. The van der Waals surface area contributed by atoms with Gasteiger partial charge in [-0.25, -0.2) is 0 Å². The first-order valence-corrected chi connectivity index (χ1v) is 4.41. The van der Waals surface area contributed by atoms with Gasteiger partial charge in [0.25, 0.3) is 0 Å². The summed E-state index contributed by atoms with van der Waals surface area (Å²) < 4.78 is 16.0. The van der Waals surface area contributed by atoms with Crippen molar-refractivity contribution in [3.8, 4) is 0 Å². The third-order valence-electron chi connectivity index (χ3n) is 2.06. The standard InChI is InChI=1S/C9H18O3/c1-9(2)11-6-8(7-12-9)4-5-10-3/h8H,4-7H2,1-3H3.